The van der Waals surface area contributed by atoms with Gasteiger partial charge in [-0.15, -0.1) is 5.10 Å². The van der Waals surface area contributed by atoms with Gasteiger partial charge in [-0.25, -0.2) is 4.79 Å². The van der Waals surface area contributed by atoms with E-state index in [9.17, 15) is 19.7 Å². The number of hydrazone groups is 1. The van der Waals surface area contributed by atoms with Gasteiger partial charge in [0.1, 0.15) is 5.69 Å². The molecule has 0 atom stereocenters. The fraction of sp³-hybridized carbons (Fsp3) is 0.250. The second-order valence-electron chi connectivity index (χ2n) is 3.89. The summed E-state index contributed by atoms with van der Waals surface area (Å²) < 4.78 is 4.71. The largest absolute Gasteiger partial charge is 0.460 e. The highest BCUT2D eigenvalue weighted by molar-refractivity contribution is 6.38. The Hall–Kier alpha value is -2.68. The van der Waals surface area contributed by atoms with Gasteiger partial charge in [-0.3, -0.25) is 20.3 Å². The van der Waals surface area contributed by atoms with Gasteiger partial charge >= 0.3 is 5.97 Å². The Morgan fingerprint density at radius 3 is 2.68 bits per heavy atom. The van der Waals surface area contributed by atoms with E-state index in [-0.39, 0.29) is 23.0 Å². The molecule has 0 unspecified atom stereocenters. The number of hydrogen-bond donors (Lipinski definition) is 2. The molecule has 1 aromatic carbocycles. The molecule has 0 saturated carbocycles. The number of nitrogens with zero attached hydrogens (tertiary/aromatic N) is 2. The fourth-order valence-electron chi connectivity index (χ4n) is 1.36. The number of amides is 1. The summed E-state index contributed by atoms with van der Waals surface area (Å²) in [6.45, 7) is 2.85. The summed E-state index contributed by atoms with van der Waals surface area (Å²) in [5.74, 6) is -1.83. The topological polar surface area (TPSA) is 123 Å². The number of halogens is 1. The number of hydrogen-bond acceptors (Lipinski definition) is 7. The predicted octanol–water partition coefficient (Wildman–Crippen LogP) is 1.67. The molecule has 0 aliphatic rings. The highest BCUT2D eigenvalue weighted by Crippen LogP contribution is 2.27. The molecule has 0 spiro atoms. The third kappa shape index (κ3) is 5.02. The summed E-state index contributed by atoms with van der Waals surface area (Å²) in [6.07, 6.45) is 0. The molecule has 0 aromatic heterocycles. The highest BCUT2D eigenvalue weighted by atomic mass is 35.5. The van der Waals surface area contributed by atoms with Gasteiger partial charge in [0.25, 0.3) is 5.69 Å². The molecule has 0 fully saturated rings. The number of amidine groups is 1. The summed E-state index contributed by atoms with van der Waals surface area (Å²) in [5, 5.41) is 16.9. The lowest BCUT2D eigenvalue weighted by Gasteiger charge is -2.07. The van der Waals surface area contributed by atoms with Gasteiger partial charge in [-0.2, -0.15) is 0 Å². The molecule has 10 heteroatoms. The number of nitro groups is 1. The van der Waals surface area contributed by atoms with Crippen LogP contribution < -0.4 is 10.7 Å². The van der Waals surface area contributed by atoms with Crippen LogP contribution in [0, 0.1) is 10.1 Å². The van der Waals surface area contributed by atoms with Crippen molar-refractivity contribution in [3.8, 4) is 0 Å². The van der Waals surface area contributed by atoms with E-state index in [0.29, 0.717) is 0 Å². The van der Waals surface area contributed by atoms with Crippen molar-refractivity contribution >= 4 is 40.7 Å². The van der Waals surface area contributed by atoms with E-state index in [4.69, 9.17) is 16.3 Å². The summed E-state index contributed by atoms with van der Waals surface area (Å²) in [6, 6.07) is 3.86. The van der Waals surface area contributed by atoms with E-state index in [2.05, 4.69) is 15.8 Å². The summed E-state index contributed by atoms with van der Waals surface area (Å²) in [7, 11) is 0. The van der Waals surface area contributed by atoms with Crippen LogP contribution in [0.15, 0.2) is 23.3 Å². The minimum atomic E-state index is -0.873. The smallest absolute Gasteiger partial charge is 0.376 e. The zero-order chi connectivity index (χ0) is 16.7. The second-order valence-corrected chi connectivity index (χ2v) is 4.33. The molecule has 0 aliphatic heterocycles. The predicted molar refractivity (Wildman–Crippen MR) is 79.6 cm³/mol. The van der Waals surface area contributed by atoms with Crippen LogP contribution in [0.3, 0.4) is 0 Å². The number of anilines is 1. The van der Waals surface area contributed by atoms with Gasteiger partial charge in [0.15, 0.2) is 0 Å². The minimum absolute atomic E-state index is 0.00144. The van der Waals surface area contributed by atoms with Crippen molar-refractivity contribution in [2.45, 2.75) is 13.8 Å². The van der Waals surface area contributed by atoms with E-state index < -0.39 is 22.6 Å². The Morgan fingerprint density at radius 2 is 2.14 bits per heavy atom. The van der Waals surface area contributed by atoms with Crippen molar-refractivity contribution in [2.24, 2.45) is 5.10 Å². The average Bonchev–Trinajstić information content (AvgIpc) is 2.44. The first-order chi connectivity index (χ1) is 10.3. The van der Waals surface area contributed by atoms with Gasteiger partial charge in [0.05, 0.1) is 11.5 Å². The molecule has 0 saturated heterocycles. The number of nitro benzene ring substituents is 1. The first-order valence-electron chi connectivity index (χ1n) is 6.07. The van der Waals surface area contributed by atoms with Crippen molar-refractivity contribution in [3.05, 3.63) is 33.3 Å². The van der Waals surface area contributed by atoms with E-state index in [1.807, 2.05) is 0 Å². The van der Waals surface area contributed by atoms with Gasteiger partial charge in [-0.05, 0) is 19.1 Å². The van der Waals surface area contributed by atoms with Crippen LogP contribution in [0.4, 0.5) is 11.4 Å². The standard InChI is InChI=1S/C12H13ClN4O5/c1-3-22-12(19)11(14-7(2)18)16-15-9-5-4-8(13)6-10(9)17(20)21/h4-6,15H,3H2,1-2H3,(H,14,16,18). The maximum Gasteiger partial charge on any atom is 0.376 e. The van der Waals surface area contributed by atoms with E-state index in [0.717, 1.165) is 6.07 Å². The molecule has 1 aromatic rings. The van der Waals surface area contributed by atoms with Gasteiger partial charge in [-0.1, -0.05) is 11.6 Å². The number of rotatable bonds is 4. The average molecular weight is 329 g/mol. The monoisotopic (exact) mass is 328 g/mol. The van der Waals surface area contributed by atoms with Crippen LogP contribution >= 0.6 is 11.6 Å². The van der Waals surface area contributed by atoms with Crippen molar-refractivity contribution in [2.75, 3.05) is 12.0 Å². The molecular formula is C12H13ClN4O5. The lowest BCUT2D eigenvalue weighted by atomic mass is 10.3. The molecule has 0 radical (unpaired) electrons. The van der Waals surface area contributed by atoms with Gasteiger partial charge in [0, 0.05) is 18.0 Å². The lowest BCUT2D eigenvalue weighted by Crippen LogP contribution is -2.36. The number of benzene rings is 1. The maximum atomic E-state index is 11.6. The van der Waals surface area contributed by atoms with Crippen LogP contribution in [-0.4, -0.2) is 29.2 Å². The van der Waals surface area contributed by atoms with Crippen molar-refractivity contribution in [3.63, 3.8) is 0 Å². The number of nitrogens with one attached hydrogen (secondary N) is 2. The molecule has 9 nitrogen and oxygen atoms in total. The van der Waals surface area contributed by atoms with E-state index >= 15 is 0 Å². The third-order valence-electron chi connectivity index (χ3n) is 2.21. The minimum Gasteiger partial charge on any atom is -0.460 e. The van der Waals surface area contributed by atoms with Gasteiger partial charge < -0.3 is 10.1 Å². The van der Waals surface area contributed by atoms with Crippen LogP contribution in [0.25, 0.3) is 0 Å². The molecule has 0 heterocycles. The molecule has 118 valence electrons. The molecule has 22 heavy (non-hydrogen) atoms. The molecule has 2 N–H and O–H groups in total. The van der Waals surface area contributed by atoms with Crippen molar-refractivity contribution in [1.82, 2.24) is 5.32 Å². The van der Waals surface area contributed by atoms with E-state index in [1.165, 1.54) is 19.1 Å². The number of carbonyl (C=O) groups excluding carboxylic acids is 2. The van der Waals surface area contributed by atoms with E-state index in [1.54, 1.807) is 6.92 Å². The van der Waals surface area contributed by atoms with Crippen LogP contribution in [0.5, 0.6) is 0 Å². The summed E-state index contributed by atoms with van der Waals surface area (Å²) in [4.78, 5) is 32.9. The molecular weight excluding hydrogens is 316 g/mol. The van der Waals surface area contributed by atoms with Gasteiger partial charge in [0.2, 0.25) is 11.7 Å². The zero-order valence-corrected chi connectivity index (χ0v) is 12.5. The Balaban J connectivity index is 3.06. The number of esters is 1. The molecule has 0 aliphatic carbocycles. The molecule has 1 rings (SSSR count). The summed E-state index contributed by atoms with van der Waals surface area (Å²) >= 11 is 5.68. The quantitative estimate of drug-likeness (QED) is 0.285. The highest BCUT2D eigenvalue weighted by Gasteiger charge is 2.17. The second kappa shape index (κ2) is 7.93. The first-order valence-corrected chi connectivity index (χ1v) is 6.45. The Morgan fingerprint density at radius 1 is 1.45 bits per heavy atom. The molecule has 1 amide bonds. The Kier molecular flexibility index (Phi) is 6.26. The first kappa shape index (κ1) is 17.4. The van der Waals surface area contributed by atoms with Crippen LogP contribution in [-0.2, 0) is 14.3 Å². The third-order valence-corrected chi connectivity index (χ3v) is 2.44. The SMILES string of the molecule is CCOC(=O)/C(=N/Nc1ccc(Cl)cc1[N+](=O)[O-])NC(C)=O. The molecule has 0 bridgehead atoms. The maximum absolute atomic E-state index is 11.6. The normalized spacial score (nSPS) is 10.8. The van der Waals surface area contributed by atoms with Crippen molar-refractivity contribution in [1.29, 1.82) is 0 Å². The van der Waals surface area contributed by atoms with Crippen molar-refractivity contribution < 1.29 is 19.2 Å². The zero-order valence-electron chi connectivity index (χ0n) is 11.8. The fourth-order valence-corrected chi connectivity index (χ4v) is 1.52. The van der Waals surface area contributed by atoms with Crippen LogP contribution in [0.1, 0.15) is 13.8 Å². The lowest BCUT2D eigenvalue weighted by molar-refractivity contribution is -0.383. The number of ether oxygens (including phenoxy) is 1. The summed E-state index contributed by atoms with van der Waals surface area (Å²) in [5.41, 5.74) is 2.01. The Labute approximate surface area is 130 Å². The Bertz CT molecular complexity index is 632. The number of carbonyl (C=O) groups is 2. The van der Waals surface area contributed by atoms with Crippen LogP contribution in [0.2, 0.25) is 5.02 Å².